The van der Waals surface area contributed by atoms with Crippen molar-refractivity contribution in [1.29, 1.82) is 0 Å². The average molecular weight is 294 g/mol. The van der Waals surface area contributed by atoms with E-state index >= 15 is 0 Å². The Labute approximate surface area is 126 Å². The van der Waals surface area contributed by atoms with Gasteiger partial charge in [0.2, 0.25) is 0 Å². The summed E-state index contributed by atoms with van der Waals surface area (Å²) in [5.74, 6) is 0.492. The molecule has 0 amide bonds. The van der Waals surface area contributed by atoms with Crippen molar-refractivity contribution in [2.45, 2.75) is 19.3 Å². The number of nitrogens with one attached hydrogen (secondary N) is 1. The second kappa shape index (κ2) is 12.1. The van der Waals surface area contributed by atoms with Crippen LogP contribution in [0.5, 0.6) is 0 Å². The Morgan fingerprint density at radius 2 is 2.19 bits per heavy atom. The van der Waals surface area contributed by atoms with Crippen LogP contribution < -0.4 is 11.1 Å². The zero-order valence-electron chi connectivity index (χ0n) is 12.8. The quantitative estimate of drug-likeness (QED) is 0.361. The molecule has 0 radical (unpaired) electrons. The lowest BCUT2D eigenvalue weighted by atomic mass is 10.3. The number of nitrogens with zero attached hydrogens (tertiary/aromatic N) is 2. The number of hydrogen-bond acceptors (Lipinski definition) is 4. The number of rotatable bonds is 11. The number of unbranched alkanes of at least 4 members (excludes halogenated alkanes) is 1. The van der Waals surface area contributed by atoms with E-state index in [2.05, 4.69) is 15.3 Å². The molecule has 0 aliphatic carbocycles. The van der Waals surface area contributed by atoms with Gasteiger partial charge in [0, 0.05) is 45.1 Å². The topological polar surface area (TPSA) is 81.8 Å². The molecule has 1 aromatic heterocycles. The van der Waals surface area contributed by atoms with Crippen molar-refractivity contribution in [3.05, 3.63) is 30.1 Å². The summed E-state index contributed by atoms with van der Waals surface area (Å²) >= 11 is 0. The van der Waals surface area contributed by atoms with Gasteiger partial charge in [-0.3, -0.25) is 9.98 Å². The van der Waals surface area contributed by atoms with E-state index in [4.69, 9.17) is 15.2 Å². The summed E-state index contributed by atoms with van der Waals surface area (Å²) in [5, 5.41) is 3.09. The molecule has 0 saturated carbocycles. The van der Waals surface area contributed by atoms with Crippen molar-refractivity contribution in [3.8, 4) is 0 Å². The molecule has 6 heteroatoms. The molecule has 3 N–H and O–H groups in total. The average Bonchev–Trinajstić information content (AvgIpc) is 2.51. The van der Waals surface area contributed by atoms with Gasteiger partial charge in [-0.15, -0.1) is 0 Å². The zero-order valence-corrected chi connectivity index (χ0v) is 12.8. The normalized spacial score (nSPS) is 11.6. The summed E-state index contributed by atoms with van der Waals surface area (Å²) in [5.41, 5.74) is 6.84. The van der Waals surface area contributed by atoms with Crippen LogP contribution in [-0.4, -0.2) is 51.0 Å². The summed E-state index contributed by atoms with van der Waals surface area (Å²) < 4.78 is 10.3. The maximum atomic E-state index is 5.79. The summed E-state index contributed by atoms with van der Waals surface area (Å²) in [6.07, 6.45) is 4.58. The molecule has 0 saturated heterocycles. The van der Waals surface area contributed by atoms with E-state index in [1.807, 2.05) is 18.2 Å². The van der Waals surface area contributed by atoms with Crippen molar-refractivity contribution in [1.82, 2.24) is 10.3 Å². The van der Waals surface area contributed by atoms with E-state index < -0.39 is 0 Å². The standard InChI is InChI=1S/C15H26N4O2/c1-20-12-13-21-11-5-4-9-18-15(16)19-10-7-14-6-2-3-8-17-14/h2-3,6,8H,4-5,7,9-13H2,1H3,(H3,16,18,19). The molecular formula is C15H26N4O2. The van der Waals surface area contributed by atoms with E-state index in [0.717, 1.165) is 44.7 Å². The molecule has 0 aliphatic heterocycles. The molecule has 0 aliphatic rings. The smallest absolute Gasteiger partial charge is 0.188 e. The number of ether oxygens (including phenoxy) is 2. The summed E-state index contributed by atoms with van der Waals surface area (Å²) in [6.45, 7) is 3.50. The van der Waals surface area contributed by atoms with Gasteiger partial charge in [-0.05, 0) is 25.0 Å². The van der Waals surface area contributed by atoms with Crippen LogP contribution in [0.2, 0.25) is 0 Å². The van der Waals surface area contributed by atoms with Crippen LogP contribution in [0.25, 0.3) is 0 Å². The lowest BCUT2D eigenvalue weighted by molar-refractivity contribution is 0.0690. The Bertz CT molecular complexity index is 385. The summed E-state index contributed by atoms with van der Waals surface area (Å²) in [7, 11) is 1.67. The SMILES string of the molecule is COCCOCCCCN=C(N)NCCc1ccccn1. The first kappa shape index (κ1) is 17.4. The predicted molar refractivity (Wildman–Crippen MR) is 84.4 cm³/mol. The lowest BCUT2D eigenvalue weighted by Gasteiger charge is -2.05. The van der Waals surface area contributed by atoms with Crippen LogP contribution in [0.1, 0.15) is 18.5 Å². The highest BCUT2D eigenvalue weighted by Gasteiger charge is 1.95. The van der Waals surface area contributed by atoms with Crippen molar-refractivity contribution < 1.29 is 9.47 Å². The molecule has 6 nitrogen and oxygen atoms in total. The number of hydrogen-bond donors (Lipinski definition) is 2. The van der Waals surface area contributed by atoms with Gasteiger partial charge in [-0.2, -0.15) is 0 Å². The summed E-state index contributed by atoms with van der Waals surface area (Å²) in [4.78, 5) is 8.52. The van der Waals surface area contributed by atoms with Gasteiger partial charge in [-0.1, -0.05) is 6.07 Å². The molecule has 0 atom stereocenters. The van der Waals surface area contributed by atoms with Gasteiger partial charge in [0.15, 0.2) is 5.96 Å². The Kier molecular flexibility index (Phi) is 10.0. The Morgan fingerprint density at radius 1 is 1.29 bits per heavy atom. The Balaban J connectivity index is 1.98. The van der Waals surface area contributed by atoms with E-state index in [-0.39, 0.29) is 0 Å². The van der Waals surface area contributed by atoms with Gasteiger partial charge < -0.3 is 20.5 Å². The first-order valence-corrected chi connectivity index (χ1v) is 7.33. The van der Waals surface area contributed by atoms with Crippen molar-refractivity contribution in [3.63, 3.8) is 0 Å². The number of pyridine rings is 1. The third-order valence-electron chi connectivity index (χ3n) is 2.82. The van der Waals surface area contributed by atoms with Crippen molar-refractivity contribution in [2.75, 3.05) is 40.0 Å². The second-order valence-electron chi connectivity index (χ2n) is 4.58. The number of guanidine groups is 1. The fraction of sp³-hybridized carbons (Fsp3) is 0.600. The van der Waals surface area contributed by atoms with Crippen LogP contribution in [0, 0.1) is 0 Å². The van der Waals surface area contributed by atoms with Crippen LogP contribution in [0.4, 0.5) is 0 Å². The largest absolute Gasteiger partial charge is 0.382 e. The first-order chi connectivity index (χ1) is 10.3. The molecule has 1 rings (SSSR count). The number of methoxy groups -OCH3 is 1. The maximum Gasteiger partial charge on any atom is 0.188 e. The van der Waals surface area contributed by atoms with Crippen molar-refractivity contribution >= 4 is 5.96 Å². The molecule has 0 spiro atoms. The van der Waals surface area contributed by atoms with E-state index in [1.165, 1.54) is 0 Å². The highest BCUT2D eigenvalue weighted by Crippen LogP contribution is 1.93. The molecule has 1 heterocycles. The number of nitrogens with two attached hydrogens (primary N) is 1. The monoisotopic (exact) mass is 294 g/mol. The van der Waals surface area contributed by atoms with Crippen LogP contribution in [0.3, 0.4) is 0 Å². The minimum absolute atomic E-state index is 0.492. The molecule has 0 aromatic carbocycles. The molecule has 0 fully saturated rings. The third-order valence-corrected chi connectivity index (χ3v) is 2.82. The molecule has 1 aromatic rings. The van der Waals surface area contributed by atoms with E-state index in [1.54, 1.807) is 13.3 Å². The Hall–Kier alpha value is -1.66. The van der Waals surface area contributed by atoms with Crippen LogP contribution >= 0.6 is 0 Å². The fourth-order valence-corrected chi connectivity index (χ4v) is 1.68. The Morgan fingerprint density at radius 3 is 2.95 bits per heavy atom. The van der Waals surface area contributed by atoms with Crippen LogP contribution in [-0.2, 0) is 15.9 Å². The van der Waals surface area contributed by atoms with Crippen LogP contribution in [0.15, 0.2) is 29.4 Å². The minimum atomic E-state index is 0.492. The molecule has 0 unspecified atom stereocenters. The highest BCUT2D eigenvalue weighted by atomic mass is 16.5. The van der Waals surface area contributed by atoms with E-state index in [9.17, 15) is 0 Å². The van der Waals surface area contributed by atoms with Gasteiger partial charge in [0.1, 0.15) is 0 Å². The van der Waals surface area contributed by atoms with E-state index in [0.29, 0.717) is 19.2 Å². The molecule has 118 valence electrons. The van der Waals surface area contributed by atoms with Gasteiger partial charge in [0.05, 0.1) is 13.2 Å². The highest BCUT2D eigenvalue weighted by molar-refractivity contribution is 5.77. The fourth-order valence-electron chi connectivity index (χ4n) is 1.68. The maximum absolute atomic E-state index is 5.79. The molecule has 0 bridgehead atoms. The van der Waals surface area contributed by atoms with Crippen molar-refractivity contribution in [2.24, 2.45) is 10.7 Å². The number of aromatic nitrogens is 1. The van der Waals surface area contributed by atoms with Gasteiger partial charge in [-0.25, -0.2) is 0 Å². The molecular weight excluding hydrogens is 268 g/mol. The van der Waals surface area contributed by atoms with Gasteiger partial charge >= 0.3 is 0 Å². The second-order valence-corrected chi connectivity index (χ2v) is 4.58. The summed E-state index contributed by atoms with van der Waals surface area (Å²) in [6, 6.07) is 5.89. The third kappa shape index (κ3) is 9.81. The number of aliphatic imine (C=N–C) groups is 1. The first-order valence-electron chi connectivity index (χ1n) is 7.33. The predicted octanol–water partition coefficient (Wildman–Crippen LogP) is 0.972. The zero-order chi connectivity index (χ0) is 15.2. The minimum Gasteiger partial charge on any atom is -0.382 e. The lowest BCUT2D eigenvalue weighted by Crippen LogP contribution is -2.33. The molecule has 21 heavy (non-hydrogen) atoms. The van der Waals surface area contributed by atoms with Gasteiger partial charge in [0.25, 0.3) is 0 Å².